The van der Waals surface area contributed by atoms with Gasteiger partial charge in [0.15, 0.2) is 0 Å². The van der Waals surface area contributed by atoms with E-state index in [1.54, 1.807) is 10.9 Å². The van der Waals surface area contributed by atoms with Crippen LogP contribution in [0.2, 0.25) is 0 Å². The van der Waals surface area contributed by atoms with Gasteiger partial charge in [-0.3, -0.25) is 0 Å². The third kappa shape index (κ3) is 1.57. The molecule has 0 N–H and O–H groups in total. The first kappa shape index (κ1) is 7.28. The van der Waals surface area contributed by atoms with Crippen molar-refractivity contribution in [2.24, 2.45) is 0 Å². The van der Waals surface area contributed by atoms with E-state index in [2.05, 4.69) is 0 Å². The number of pyridine rings is 1. The molecule has 0 aromatic carbocycles. The third-order valence-corrected chi connectivity index (χ3v) is 1.37. The zero-order chi connectivity index (χ0) is 7.40. The Bertz CT molecular complexity index is 256. The second-order valence-electron chi connectivity index (χ2n) is 1.78. The van der Waals surface area contributed by atoms with E-state index in [9.17, 15) is 0 Å². The van der Waals surface area contributed by atoms with Crippen molar-refractivity contribution in [1.29, 1.82) is 0 Å². The van der Waals surface area contributed by atoms with Gasteiger partial charge in [0, 0.05) is 6.20 Å². The van der Waals surface area contributed by atoms with Crippen LogP contribution < -0.4 is 4.84 Å². The molecule has 10 heavy (non-hydrogen) atoms. The van der Waals surface area contributed by atoms with Gasteiger partial charge in [0.25, 0.3) is 0 Å². The van der Waals surface area contributed by atoms with Crippen molar-refractivity contribution in [3.63, 3.8) is 0 Å². The molecule has 0 unspecified atom stereocenters. The molecule has 1 aromatic rings. The van der Waals surface area contributed by atoms with Gasteiger partial charge < -0.3 is 4.84 Å². The molecule has 0 aliphatic carbocycles. The molecule has 3 heteroatoms. The maximum absolute atomic E-state index is 5.15. The van der Waals surface area contributed by atoms with Crippen molar-refractivity contribution >= 4 is 12.2 Å². The highest BCUT2D eigenvalue weighted by molar-refractivity contribution is 7.71. The molecule has 0 bridgehead atoms. The molecule has 0 atom stereocenters. The van der Waals surface area contributed by atoms with E-state index in [1.807, 2.05) is 25.1 Å². The lowest BCUT2D eigenvalue weighted by atomic mass is 10.5. The van der Waals surface area contributed by atoms with E-state index in [-0.39, 0.29) is 0 Å². The Hall–Kier alpha value is -0.830. The van der Waals surface area contributed by atoms with Gasteiger partial charge in [0.05, 0.1) is 0 Å². The van der Waals surface area contributed by atoms with Gasteiger partial charge in [-0.15, -0.1) is 0 Å². The highest BCUT2D eigenvalue weighted by atomic mass is 32.1. The first-order chi connectivity index (χ1) is 4.84. The zero-order valence-electron chi connectivity index (χ0n) is 5.78. The molecule has 0 amide bonds. The number of rotatable bonds is 2. The van der Waals surface area contributed by atoms with Crippen LogP contribution in [0.25, 0.3) is 0 Å². The Morgan fingerprint density at radius 1 is 1.60 bits per heavy atom. The summed E-state index contributed by atoms with van der Waals surface area (Å²) in [7, 11) is 0. The maximum atomic E-state index is 5.15. The molecule has 2 nitrogen and oxygen atoms in total. The fraction of sp³-hybridized carbons (Fsp3) is 0.286. The summed E-state index contributed by atoms with van der Waals surface area (Å²) >= 11 is 4.96. The molecule has 0 radical (unpaired) electrons. The molecule has 0 spiro atoms. The fourth-order valence-corrected chi connectivity index (χ4v) is 0.851. The van der Waals surface area contributed by atoms with Gasteiger partial charge >= 0.3 is 0 Å². The lowest BCUT2D eigenvalue weighted by Gasteiger charge is -2.04. The lowest BCUT2D eigenvalue weighted by molar-refractivity contribution is 0.117. The van der Waals surface area contributed by atoms with E-state index >= 15 is 0 Å². The smallest absolute Gasteiger partial charge is 0.142 e. The van der Waals surface area contributed by atoms with Gasteiger partial charge in [-0.2, -0.15) is 4.73 Å². The second-order valence-corrected chi connectivity index (χ2v) is 2.20. The Morgan fingerprint density at radius 3 is 3.00 bits per heavy atom. The van der Waals surface area contributed by atoms with E-state index in [1.165, 1.54) is 0 Å². The Morgan fingerprint density at radius 2 is 2.40 bits per heavy atom. The third-order valence-electron chi connectivity index (χ3n) is 1.06. The van der Waals surface area contributed by atoms with Crippen LogP contribution >= 0.6 is 12.2 Å². The van der Waals surface area contributed by atoms with Crippen molar-refractivity contribution in [2.45, 2.75) is 6.92 Å². The zero-order valence-corrected chi connectivity index (χ0v) is 6.60. The maximum Gasteiger partial charge on any atom is 0.142 e. The number of hydrogen-bond acceptors (Lipinski definition) is 2. The van der Waals surface area contributed by atoms with Crippen LogP contribution in [0.1, 0.15) is 6.92 Å². The predicted molar refractivity (Wildman–Crippen MR) is 42.4 cm³/mol. The van der Waals surface area contributed by atoms with E-state index in [0.717, 1.165) is 0 Å². The highest BCUT2D eigenvalue weighted by Gasteiger charge is 1.84. The van der Waals surface area contributed by atoms with Crippen LogP contribution in [0, 0.1) is 4.64 Å². The Labute approximate surface area is 65.0 Å². The first-order valence-electron chi connectivity index (χ1n) is 3.15. The number of nitrogens with zero attached hydrogens (tertiary/aromatic N) is 1. The van der Waals surface area contributed by atoms with Crippen molar-refractivity contribution in [3.8, 4) is 0 Å². The molecule has 0 saturated carbocycles. The standard InChI is InChI=1S/C7H9NOS/c1-2-9-8-6-4-3-5-7(8)10/h3-6H,2H2,1H3. The molecule has 1 rings (SSSR count). The van der Waals surface area contributed by atoms with Gasteiger partial charge in [-0.25, -0.2) is 0 Å². The summed E-state index contributed by atoms with van der Waals surface area (Å²) in [5, 5.41) is 0. The molecule has 1 aromatic heterocycles. The second kappa shape index (κ2) is 3.37. The van der Waals surface area contributed by atoms with Crippen LogP contribution in [0.4, 0.5) is 0 Å². The SMILES string of the molecule is CCOn1ccccc1=S. The summed E-state index contributed by atoms with van der Waals surface area (Å²) in [5.74, 6) is 0. The summed E-state index contributed by atoms with van der Waals surface area (Å²) in [6.45, 7) is 2.56. The van der Waals surface area contributed by atoms with E-state index < -0.39 is 0 Å². The quantitative estimate of drug-likeness (QED) is 0.603. The Balaban J connectivity index is 2.92. The van der Waals surface area contributed by atoms with Crippen LogP contribution in [0.3, 0.4) is 0 Å². The van der Waals surface area contributed by atoms with Crippen LogP contribution in [0.15, 0.2) is 24.4 Å². The summed E-state index contributed by atoms with van der Waals surface area (Å²) in [6, 6.07) is 5.59. The molecular formula is C7H9NOS. The first-order valence-corrected chi connectivity index (χ1v) is 3.56. The van der Waals surface area contributed by atoms with E-state index in [0.29, 0.717) is 11.2 Å². The van der Waals surface area contributed by atoms with Gasteiger partial charge in [-0.1, -0.05) is 18.3 Å². The van der Waals surface area contributed by atoms with Crippen molar-refractivity contribution in [3.05, 3.63) is 29.0 Å². The minimum atomic E-state index is 0.637. The molecular weight excluding hydrogens is 146 g/mol. The van der Waals surface area contributed by atoms with Crippen molar-refractivity contribution in [2.75, 3.05) is 6.61 Å². The molecule has 0 aliphatic rings. The normalized spacial score (nSPS) is 9.30. The topological polar surface area (TPSA) is 14.2 Å². The summed E-state index contributed by atoms with van der Waals surface area (Å²) in [5.41, 5.74) is 0. The average molecular weight is 155 g/mol. The van der Waals surface area contributed by atoms with Gasteiger partial charge in [0.1, 0.15) is 11.2 Å². The van der Waals surface area contributed by atoms with Gasteiger partial charge in [-0.05, 0) is 19.1 Å². The number of hydrogen-bond donors (Lipinski definition) is 0. The summed E-state index contributed by atoms with van der Waals surface area (Å²) in [6.07, 6.45) is 1.80. The van der Waals surface area contributed by atoms with Crippen LogP contribution in [0.5, 0.6) is 0 Å². The lowest BCUT2D eigenvalue weighted by Crippen LogP contribution is -2.10. The van der Waals surface area contributed by atoms with Crippen LogP contribution in [-0.2, 0) is 0 Å². The molecule has 0 aliphatic heterocycles. The minimum absolute atomic E-state index is 0.637. The highest BCUT2D eigenvalue weighted by Crippen LogP contribution is 1.89. The molecule has 0 saturated heterocycles. The van der Waals surface area contributed by atoms with E-state index in [4.69, 9.17) is 17.1 Å². The monoisotopic (exact) mass is 155 g/mol. The fourth-order valence-electron chi connectivity index (χ4n) is 0.658. The summed E-state index contributed by atoms with van der Waals surface area (Å²) < 4.78 is 2.28. The van der Waals surface area contributed by atoms with Crippen LogP contribution in [-0.4, -0.2) is 11.3 Å². The Kier molecular flexibility index (Phi) is 2.45. The van der Waals surface area contributed by atoms with Gasteiger partial charge in [0.2, 0.25) is 0 Å². The van der Waals surface area contributed by atoms with Crippen molar-refractivity contribution < 1.29 is 4.84 Å². The number of aromatic nitrogens is 1. The largest absolute Gasteiger partial charge is 0.413 e. The predicted octanol–water partition coefficient (Wildman–Crippen LogP) is 1.67. The molecule has 0 fully saturated rings. The average Bonchev–Trinajstić information content (AvgIpc) is 1.94. The minimum Gasteiger partial charge on any atom is -0.413 e. The van der Waals surface area contributed by atoms with Crippen molar-refractivity contribution in [1.82, 2.24) is 4.73 Å². The molecule has 54 valence electrons. The molecule has 1 heterocycles. The summed E-state index contributed by atoms with van der Waals surface area (Å²) in [4.78, 5) is 5.15.